The van der Waals surface area contributed by atoms with Gasteiger partial charge < -0.3 is 10.2 Å². The van der Waals surface area contributed by atoms with Gasteiger partial charge in [0.25, 0.3) is 0 Å². The highest BCUT2D eigenvalue weighted by Crippen LogP contribution is 2.22. The molecule has 1 aromatic carbocycles. The Morgan fingerprint density at radius 3 is 2.61 bits per heavy atom. The van der Waals surface area contributed by atoms with Crippen LogP contribution in [-0.2, 0) is 17.9 Å². The van der Waals surface area contributed by atoms with Gasteiger partial charge in [0.15, 0.2) is 0 Å². The number of nitrogens with zero attached hydrogens (tertiary/aromatic N) is 3. The lowest BCUT2D eigenvalue weighted by Crippen LogP contribution is -2.25. The fraction of sp³-hybridized carbons (Fsp3) is 0.278. The summed E-state index contributed by atoms with van der Waals surface area (Å²) in [5, 5.41) is 12.0. The van der Waals surface area contributed by atoms with Crippen LogP contribution in [0.4, 0.5) is 5.82 Å². The second kappa shape index (κ2) is 6.93. The van der Waals surface area contributed by atoms with Crippen molar-refractivity contribution in [2.75, 3.05) is 11.9 Å². The molecule has 0 saturated heterocycles. The predicted molar refractivity (Wildman–Crippen MR) is 87.4 cm³/mol. The molecular formula is C18H18N4O. The third-order valence-corrected chi connectivity index (χ3v) is 3.93. The van der Waals surface area contributed by atoms with E-state index in [0.29, 0.717) is 37.6 Å². The van der Waals surface area contributed by atoms with Crippen LogP contribution in [0.3, 0.4) is 0 Å². The summed E-state index contributed by atoms with van der Waals surface area (Å²) in [4.78, 5) is 18.3. The van der Waals surface area contributed by atoms with Crippen molar-refractivity contribution < 1.29 is 4.79 Å². The topological polar surface area (TPSA) is 69.0 Å². The van der Waals surface area contributed by atoms with E-state index in [4.69, 9.17) is 5.26 Å². The molecule has 2 heterocycles. The number of pyridine rings is 1. The first kappa shape index (κ1) is 15.0. The van der Waals surface area contributed by atoms with Gasteiger partial charge in [0.1, 0.15) is 17.6 Å². The standard InChI is InChI=1S/C18H18N4O/c19-11-16-7-3-8-17(21-16)20-10-4-9-18(23)22-12-14-5-1-2-6-15(14)13-22/h1-3,5-8H,4,9-10,12-13H2,(H,20,21). The number of anilines is 1. The zero-order valence-corrected chi connectivity index (χ0v) is 12.8. The molecule has 1 aromatic heterocycles. The summed E-state index contributed by atoms with van der Waals surface area (Å²) in [6.07, 6.45) is 1.25. The number of carbonyl (C=O) groups is 1. The second-order valence-corrected chi connectivity index (χ2v) is 5.57. The molecule has 2 aromatic rings. The molecule has 0 atom stereocenters. The number of nitrogens with one attached hydrogen (secondary N) is 1. The SMILES string of the molecule is N#Cc1cccc(NCCCC(=O)N2Cc3ccccc3C2)n1. The largest absolute Gasteiger partial charge is 0.370 e. The van der Waals surface area contributed by atoms with E-state index in [1.807, 2.05) is 29.2 Å². The first-order chi connectivity index (χ1) is 11.3. The highest BCUT2D eigenvalue weighted by molar-refractivity contribution is 5.77. The molecule has 0 unspecified atom stereocenters. The Balaban J connectivity index is 1.43. The molecule has 23 heavy (non-hydrogen) atoms. The number of rotatable bonds is 5. The van der Waals surface area contributed by atoms with Gasteiger partial charge in [0, 0.05) is 26.1 Å². The van der Waals surface area contributed by atoms with E-state index < -0.39 is 0 Å². The minimum absolute atomic E-state index is 0.182. The second-order valence-electron chi connectivity index (χ2n) is 5.57. The Morgan fingerprint density at radius 1 is 1.17 bits per heavy atom. The molecule has 0 fully saturated rings. The van der Waals surface area contributed by atoms with Gasteiger partial charge in [-0.3, -0.25) is 4.79 Å². The smallest absolute Gasteiger partial charge is 0.223 e. The maximum atomic E-state index is 12.3. The number of fused-ring (bicyclic) bond motifs is 1. The summed E-state index contributed by atoms with van der Waals surface area (Å²) in [5.74, 6) is 0.854. The van der Waals surface area contributed by atoms with Crippen molar-refractivity contribution in [3.05, 3.63) is 59.3 Å². The lowest BCUT2D eigenvalue weighted by molar-refractivity contribution is -0.131. The van der Waals surface area contributed by atoms with Crippen LogP contribution in [0.25, 0.3) is 0 Å². The predicted octanol–water partition coefficient (Wildman–Crippen LogP) is 2.69. The third-order valence-electron chi connectivity index (χ3n) is 3.93. The Kier molecular flexibility index (Phi) is 4.53. The van der Waals surface area contributed by atoms with E-state index in [0.717, 1.165) is 6.42 Å². The van der Waals surface area contributed by atoms with E-state index in [2.05, 4.69) is 22.4 Å². The van der Waals surface area contributed by atoms with Gasteiger partial charge in [-0.2, -0.15) is 5.26 Å². The Bertz CT molecular complexity index is 726. The molecule has 3 rings (SSSR count). The molecule has 1 N–H and O–H groups in total. The van der Waals surface area contributed by atoms with Crippen LogP contribution in [0.2, 0.25) is 0 Å². The lowest BCUT2D eigenvalue weighted by Gasteiger charge is -2.15. The molecule has 5 nitrogen and oxygen atoms in total. The molecule has 0 radical (unpaired) electrons. The van der Waals surface area contributed by atoms with Crippen LogP contribution in [0, 0.1) is 11.3 Å². The van der Waals surface area contributed by atoms with Gasteiger partial charge in [0.2, 0.25) is 5.91 Å². The van der Waals surface area contributed by atoms with Gasteiger partial charge in [0.05, 0.1) is 0 Å². The minimum Gasteiger partial charge on any atom is -0.370 e. The van der Waals surface area contributed by atoms with Gasteiger partial charge in [-0.05, 0) is 29.7 Å². The van der Waals surface area contributed by atoms with Crippen LogP contribution >= 0.6 is 0 Å². The third kappa shape index (κ3) is 3.67. The maximum Gasteiger partial charge on any atom is 0.223 e. The molecule has 0 saturated carbocycles. The van der Waals surface area contributed by atoms with E-state index >= 15 is 0 Å². The number of aromatic nitrogens is 1. The number of carbonyl (C=O) groups excluding carboxylic acids is 1. The number of nitriles is 1. The normalized spacial score (nSPS) is 12.6. The van der Waals surface area contributed by atoms with Crippen molar-refractivity contribution in [1.29, 1.82) is 5.26 Å². The van der Waals surface area contributed by atoms with Crippen molar-refractivity contribution >= 4 is 11.7 Å². The summed E-state index contributed by atoms with van der Waals surface area (Å²) >= 11 is 0. The first-order valence-corrected chi connectivity index (χ1v) is 7.72. The molecule has 1 aliphatic rings. The molecular weight excluding hydrogens is 288 g/mol. The lowest BCUT2D eigenvalue weighted by atomic mass is 10.1. The monoisotopic (exact) mass is 306 g/mol. The zero-order valence-electron chi connectivity index (χ0n) is 12.8. The molecule has 0 bridgehead atoms. The van der Waals surface area contributed by atoms with Gasteiger partial charge >= 0.3 is 0 Å². The molecule has 1 aliphatic heterocycles. The average molecular weight is 306 g/mol. The number of hydrogen-bond donors (Lipinski definition) is 1. The highest BCUT2D eigenvalue weighted by atomic mass is 16.2. The van der Waals surface area contributed by atoms with Crippen molar-refractivity contribution in [2.24, 2.45) is 0 Å². The molecule has 1 amide bonds. The summed E-state index contributed by atoms with van der Waals surface area (Å²) in [5.41, 5.74) is 2.88. The number of benzene rings is 1. The molecule has 0 spiro atoms. The van der Waals surface area contributed by atoms with Gasteiger partial charge in [-0.1, -0.05) is 30.3 Å². The number of hydrogen-bond acceptors (Lipinski definition) is 4. The minimum atomic E-state index is 0.182. The maximum absolute atomic E-state index is 12.3. The average Bonchev–Trinajstić information content (AvgIpc) is 3.03. The quantitative estimate of drug-likeness (QED) is 0.862. The van der Waals surface area contributed by atoms with E-state index in [9.17, 15) is 4.79 Å². The number of amides is 1. The van der Waals surface area contributed by atoms with Crippen LogP contribution in [0.5, 0.6) is 0 Å². The van der Waals surface area contributed by atoms with Crippen LogP contribution in [0.15, 0.2) is 42.5 Å². The Labute approximate surface area is 135 Å². The molecule has 5 heteroatoms. The van der Waals surface area contributed by atoms with E-state index in [1.54, 1.807) is 12.1 Å². The Morgan fingerprint density at radius 2 is 1.91 bits per heavy atom. The van der Waals surface area contributed by atoms with Crippen LogP contribution in [-0.4, -0.2) is 22.3 Å². The Hall–Kier alpha value is -2.87. The highest BCUT2D eigenvalue weighted by Gasteiger charge is 2.22. The fourth-order valence-electron chi connectivity index (χ4n) is 2.72. The van der Waals surface area contributed by atoms with Gasteiger partial charge in [-0.15, -0.1) is 0 Å². The van der Waals surface area contributed by atoms with Crippen molar-refractivity contribution in [3.8, 4) is 6.07 Å². The van der Waals surface area contributed by atoms with E-state index in [-0.39, 0.29) is 5.91 Å². The molecule has 116 valence electrons. The summed E-state index contributed by atoms with van der Waals surface area (Å²) < 4.78 is 0. The van der Waals surface area contributed by atoms with Crippen LogP contribution in [0.1, 0.15) is 29.7 Å². The summed E-state index contributed by atoms with van der Waals surface area (Å²) in [6.45, 7) is 2.09. The summed E-state index contributed by atoms with van der Waals surface area (Å²) in [7, 11) is 0. The van der Waals surface area contributed by atoms with E-state index in [1.165, 1.54) is 11.1 Å². The van der Waals surface area contributed by atoms with Gasteiger partial charge in [-0.25, -0.2) is 4.98 Å². The first-order valence-electron chi connectivity index (χ1n) is 7.72. The van der Waals surface area contributed by atoms with Crippen molar-refractivity contribution in [2.45, 2.75) is 25.9 Å². The fourth-order valence-corrected chi connectivity index (χ4v) is 2.72. The van der Waals surface area contributed by atoms with Crippen molar-refractivity contribution in [3.63, 3.8) is 0 Å². The molecule has 0 aliphatic carbocycles. The van der Waals surface area contributed by atoms with Crippen LogP contribution < -0.4 is 5.32 Å². The summed E-state index contributed by atoms with van der Waals surface area (Å²) in [6, 6.07) is 15.5. The van der Waals surface area contributed by atoms with Crippen molar-refractivity contribution in [1.82, 2.24) is 9.88 Å². The zero-order chi connectivity index (χ0) is 16.1.